The summed E-state index contributed by atoms with van der Waals surface area (Å²) in [6.45, 7) is 2.52. The highest BCUT2D eigenvalue weighted by Crippen LogP contribution is 2.24. The zero-order valence-electron chi connectivity index (χ0n) is 10.8. The third-order valence-corrected chi connectivity index (χ3v) is 3.02. The maximum atomic E-state index is 12.0. The third-order valence-electron chi connectivity index (χ3n) is 3.02. The van der Waals surface area contributed by atoms with Gasteiger partial charge in [0.25, 0.3) is 0 Å². The molecule has 1 amide bonds. The molecule has 1 aliphatic heterocycles. The average Bonchev–Trinajstić information content (AvgIpc) is 2.35. The Morgan fingerprint density at radius 1 is 1.37 bits per heavy atom. The Labute approximate surface area is 109 Å². The third kappa shape index (κ3) is 5.48. The van der Waals surface area contributed by atoms with Crippen molar-refractivity contribution in [1.82, 2.24) is 4.90 Å². The number of hydrogen-bond acceptors (Lipinski definition) is 3. The number of carbonyl (C=O) groups is 2. The number of rotatable bonds is 4. The SMILES string of the molecule is CCOC(=O)C1CCCN(C(=O)CCC(F)(F)F)C1. The predicted octanol–water partition coefficient (Wildman–Crippen LogP) is 2.13. The number of piperidine rings is 1. The van der Waals surface area contributed by atoms with Crippen molar-refractivity contribution in [2.45, 2.75) is 38.8 Å². The summed E-state index contributed by atoms with van der Waals surface area (Å²) < 4.78 is 41.0. The monoisotopic (exact) mass is 281 g/mol. The number of likely N-dealkylation sites (tertiary alicyclic amines) is 1. The maximum Gasteiger partial charge on any atom is 0.389 e. The minimum atomic E-state index is -4.33. The molecular weight excluding hydrogens is 263 g/mol. The first-order chi connectivity index (χ1) is 8.83. The second-order valence-corrected chi connectivity index (χ2v) is 4.55. The number of amides is 1. The molecule has 7 heteroatoms. The van der Waals surface area contributed by atoms with E-state index in [1.165, 1.54) is 4.90 Å². The van der Waals surface area contributed by atoms with Crippen LogP contribution < -0.4 is 0 Å². The van der Waals surface area contributed by atoms with E-state index in [2.05, 4.69) is 0 Å². The number of ether oxygens (including phenoxy) is 1. The molecular formula is C12H18F3NO3. The first kappa shape index (κ1) is 15.8. The van der Waals surface area contributed by atoms with Gasteiger partial charge in [-0.2, -0.15) is 13.2 Å². The number of halogens is 3. The van der Waals surface area contributed by atoms with Gasteiger partial charge < -0.3 is 9.64 Å². The fourth-order valence-corrected chi connectivity index (χ4v) is 2.06. The second kappa shape index (κ2) is 6.77. The molecule has 1 saturated heterocycles. The summed E-state index contributed by atoms with van der Waals surface area (Å²) in [5, 5.41) is 0. The van der Waals surface area contributed by atoms with E-state index in [0.717, 1.165) is 0 Å². The molecule has 0 aromatic rings. The molecule has 0 spiro atoms. The van der Waals surface area contributed by atoms with E-state index in [0.29, 0.717) is 19.4 Å². The molecule has 0 saturated carbocycles. The van der Waals surface area contributed by atoms with Crippen molar-refractivity contribution < 1.29 is 27.5 Å². The maximum absolute atomic E-state index is 12.0. The Hall–Kier alpha value is -1.27. The molecule has 0 aliphatic carbocycles. The lowest BCUT2D eigenvalue weighted by Gasteiger charge is -2.31. The molecule has 0 aromatic carbocycles. The van der Waals surface area contributed by atoms with Gasteiger partial charge in [-0.15, -0.1) is 0 Å². The molecule has 0 radical (unpaired) electrons. The van der Waals surface area contributed by atoms with Gasteiger partial charge in [0, 0.05) is 19.5 Å². The van der Waals surface area contributed by atoms with Crippen LogP contribution >= 0.6 is 0 Å². The fourth-order valence-electron chi connectivity index (χ4n) is 2.06. The number of carbonyl (C=O) groups excluding carboxylic acids is 2. The van der Waals surface area contributed by atoms with Crippen molar-refractivity contribution in [2.24, 2.45) is 5.92 Å². The van der Waals surface area contributed by atoms with Crippen LogP contribution in [0, 0.1) is 5.92 Å². The van der Waals surface area contributed by atoms with Crippen LogP contribution in [0.2, 0.25) is 0 Å². The van der Waals surface area contributed by atoms with Gasteiger partial charge in [0.05, 0.1) is 18.9 Å². The lowest BCUT2D eigenvalue weighted by Crippen LogP contribution is -2.43. The molecule has 1 rings (SSSR count). The Morgan fingerprint density at radius 3 is 2.63 bits per heavy atom. The summed E-state index contributed by atoms with van der Waals surface area (Å²) in [6, 6.07) is 0. The molecule has 1 atom stereocenters. The molecule has 1 unspecified atom stereocenters. The lowest BCUT2D eigenvalue weighted by molar-refractivity contribution is -0.155. The number of nitrogens with zero attached hydrogens (tertiary/aromatic N) is 1. The van der Waals surface area contributed by atoms with Crippen LogP contribution in [0.1, 0.15) is 32.6 Å². The van der Waals surface area contributed by atoms with Gasteiger partial charge in [0.1, 0.15) is 0 Å². The lowest BCUT2D eigenvalue weighted by atomic mass is 9.98. The molecule has 1 aliphatic rings. The Morgan fingerprint density at radius 2 is 2.05 bits per heavy atom. The highest BCUT2D eigenvalue weighted by molar-refractivity contribution is 5.78. The van der Waals surface area contributed by atoms with E-state index < -0.39 is 30.8 Å². The molecule has 4 nitrogen and oxygen atoms in total. The molecule has 0 N–H and O–H groups in total. The van der Waals surface area contributed by atoms with Gasteiger partial charge in [0.2, 0.25) is 5.91 Å². The summed E-state index contributed by atoms with van der Waals surface area (Å²) in [6.07, 6.45) is -4.78. The van der Waals surface area contributed by atoms with Gasteiger partial charge in [-0.25, -0.2) is 0 Å². The smallest absolute Gasteiger partial charge is 0.389 e. The summed E-state index contributed by atoms with van der Waals surface area (Å²) in [4.78, 5) is 24.5. The van der Waals surface area contributed by atoms with Crippen LogP contribution in [-0.4, -0.2) is 42.6 Å². The molecule has 1 heterocycles. The number of alkyl halides is 3. The second-order valence-electron chi connectivity index (χ2n) is 4.55. The largest absolute Gasteiger partial charge is 0.466 e. The van der Waals surface area contributed by atoms with Gasteiger partial charge in [-0.05, 0) is 19.8 Å². The average molecular weight is 281 g/mol. The molecule has 1 fully saturated rings. The van der Waals surface area contributed by atoms with Gasteiger partial charge in [0.15, 0.2) is 0 Å². The number of esters is 1. The molecule has 0 aromatic heterocycles. The van der Waals surface area contributed by atoms with E-state index in [4.69, 9.17) is 4.74 Å². The van der Waals surface area contributed by atoms with Crippen LogP contribution in [-0.2, 0) is 14.3 Å². The molecule has 19 heavy (non-hydrogen) atoms. The van der Waals surface area contributed by atoms with Crippen molar-refractivity contribution >= 4 is 11.9 Å². The van der Waals surface area contributed by atoms with Crippen molar-refractivity contribution in [3.8, 4) is 0 Å². The Kier molecular flexibility index (Phi) is 5.62. The summed E-state index contributed by atoms with van der Waals surface area (Å²) in [5.74, 6) is -1.34. The Bertz CT molecular complexity index is 331. The van der Waals surface area contributed by atoms with Crippen molar-refractivity contribution in [2.75, 3.05) is 19.7 Å². The predicted molar refractivity (Wildman–Crippen MR) is 61.2 cm³/mol. The summed E-state index contributed by atoms with van der Waals surface area (Å²) in [5.41, 5.74) is 0. The quantitative estimate of drug-likeness (QED) is 0.742. The normalized spacial score (nSPS) is 20.2. The minimum Gasteiger partial charge on any atom is -0.466 e. The van der Waals surface area contributed by atoms with E-state index in [9.17, 15) is 22.8 Å². The summed E-state index contributed by atoms with van der Waals surface area (Å²) in [7, 11) is 0. The fraction of sp³-hybridized carbons (Fsp3) is 0.833. The number of hydrogen-bond donors (Lipinski definition) is 0. The van der Waals surface area contributed by atoms with E-state index in [-0.39, 0.29) is 19.1 Å². The van der Waals surface area contributed by atoms with Gasteiger partial charge in [-0.1, -0.05) is 0 Å². The van der Waals surface area contributed by atoms with E-state index >= 15 is 0 Å². The van der Waals surface area contributed by atoms with E-state index in [1.54, 1.807) is 6.92 Å². The van der Waals surface area contributed by atoms with Crippen molar-refractivity contribution in [1.29, 1.82) is 0 Å². The van der Waals surface area contributed by atoms with E-state index in [1.807, 2.05) is 0 Å². The van der Waals surface area contributed by atoms with Crippen LogP contribution in [0.4, 0.5) is 13.2 Å². The zero-order valence-corrected chi connectivity index (χ0v) is 10.8. The van der Waals surface area contributed by atoms with Crippen LogP contribution in [0.25, 0.3) is 0 Å². The standard InChI is InChI=1S/C12H18F3NO3/c1-2-19-11(18)9-4-3-7-16(8-9)10(17)5-6-12(13,14)15/h9H,2-8H2,1H3. The topological polar surface area (TPSA) is 46.6 Å². The first-order valence-corrected chi connectivity index (χ1v) is 6.34. The van der Waals surface area contributed by atoms with Crippen LogP contribution in [0.3, 0.4) is 0 Å². The van der Waals surface area contributed by atoms with Crippen molar-refractivity contribution in [3.63, 3.8) is 0 Å². The first-order valence-electron chi connectivity index (χ1n) is 6.34. The van der Waals surface area contributed by atoms with Crippen LogP contribution in [0.5, 0.6) is 0 Å². The van der Waals surface area contributed by atoms with Gasteiger partial charge >= 0.3 is 12.1 Å². The highest BCUT2D eigenvalue weighted by atomic mass is 19.4. The van der Waals surface area contributed by atoms with Gasteiger partial charge in [-0.3, -0.25) is 9.59 Å². The Balaban J connectivity index is 2.45. The zero-order chi connectivity index (χ0) is 14.5. The molecule has 0 bridgehead atoms. The molecule has 110 valence electrons. The highest BCUT2D eigenvalue weighted by Gasteiger charge is 2.32. The van der Waals surface area contributed by atoms with Crippen molar-refractivity contribution in [3.05, 3.63) is 0 Å². The minimum absolute atomic E-state index is 0.162. The van der Waals surface area contributed by atoms with Crippen LogP contribution in [0.15, 0.2) is 0 Å². The summed E-state index contributed by atoms with van der Waals surface area (Å²) >= 11 is 0.